The van der Waals surface area contributed by atoms with Crippen molar-refractivity contribution in [3.63, 3.8) is 0 Å². The lowest BCUT2D eigenvalue weighted by molar-refractivity contribution is -0.159. The number of nitrogens with zero attached hydrogens (tertiary/aromatic N) is 3. The topological polar surface area (TPSA) is 70.2 Å². The van der Waals surface area contributed by atoms with Gasteiger partial charge in [-0.1, -0.05) is 42.0 Å². The molecule has 0 unspecified atom stereocenters. The molecule has 33 heavy (non-hydrogen) atoms. The Labute approximate surface area is 194 Å². The van der Waals surface area contributed by atoms with Crippen LogP contribution in [-0.4, -0.2) is 71.2 Å². The minimum absolute atomic E-state index is 0.00320. The minimum Gasteiger partial charge on any atom is -0.484 e. The largest absolute Gasteiger partial charge is 0.484 e. The van der Waals surface area contributed by atoms with E-state index in [2.05, 4.69) is 0 Å². The maximum Gasteiger partial charge on any atom is 0.312 e. The Hall–Kier alpha value is -3.35. The van der Waals surface area contributed by atoms with E-state index in [-0.39, 0.29) is 18.6 Å². The predicted molar refractivity (Wildman–Crippen MR) is 125 cm³/mol. The normalized spacial score (nSPS) is 17.5. The van der Waals surface area contributed by atoms with Crippen LogP contribution in [0.15, 0.2) is 48.5 Å². The Morgan fingerprint density at radius 2 is 1.64 bits per heavy atom. The molecule has 0 aliphatic carbocycles. The number of carbonyl (C=O) groups excluding carboxylic acids is 3. The first-order valence-corrected chi connectivity index (χ1v) is 11.5. The van der Waals surface area contributed by atoms with Gasteiger partial charge in [-0.15, -0.1) is 0 Å². The van der Waals surface area contributed by atoms with Gasteiger partial charge in [-0.25, -0.2) is 0 Å². The highest BCUT2D eigenvalue weighted by atomic mass is 16.5. The molecule has 3 amide bonds. The van der Waals surface area contributed by atoms with E-state index in [9.17, 15) is 14.4 Å². The fourth-order valence-electron chi connectivity index (χ4n) is 4.47. The summed E-state index contributed by atoms with van der Waals surface area (Å²) in [7, 11) is 0. The maximum absolute atomic E-state index is 12.8. The van der Waals surface area contributed by atoms with Gasteiger partial charge in [-0.3, -0.25) is 14.4 Å². The molecule has 0 spiro atoms. The van der Waals surface area contributed by atoms with E-state index >= 15 is 0 Å². The van der Waals surface area contributed by atoms with Gasteiger partial charge in [-0.2, -0.15) is 0 Å². The molecule has 0 N–H and O–H groups in total. The molecule has 2 aromatic rings. The van der Waals surface area contributed by atoms with Crippen LogP contribution in [0.25, 0.3) is 0 Å². The second kappa shape index (κ2) is 10.1. The second-order valence-corrected chi connectivity index (χ2v) is 8.93. The molecule has 2 aromatic carbocycles. The van der Waals surface area contributed by atoms with E-state index in [1.54, 1.807) is 14.7 Å². The van der Waals surface area contributed by atoms with Crippen molar-refractivity contribution in [3.8, 4) is 5.75 Å². The van der Waals surface area contributed by atoms with Crippen LogP contribution in [0, 0.1) is 13.8 Å². The molecule has 2 saturated heterocycles. The van der Waals surface area contributed by atoms with Crippen molar-refractivity contribution < 1.29 is 19.1 Å². The quantitative estimate of drug-likeness (QED) is 0.636. The standard InChI is InChI=1S/C26H31N3O4/c1-19-6-8-21(9-7-19)17-28-14-15-29(26(32)25(28)31)22-10-12-27(13-11-22)24(30)18-33-23-5-3-4-20(2)16-23/h3-9,16,22H,10-15,17-18H2,1-2H3. The highest BCUT2D eigenvalue weighted by molar-refractivity contribution is 6.35. The van der Waals surface area contributed by atoms with Gasteiger partial charge < -0.3 is 19.4 Å². The summed E-state index contributed by atoms with van der Waals surface area (Å²) in [5.41, 5.74) is 3.27. The number of carbonyl (C=O) groups is 3. The third-order valence-electron chi connectivity index (χ3n) is 6.45. The lowest BCUT2D eigenvalue weighted by Gasteiger charge is -2.42. The van der Waals surface area contributed by atoms with Crippen LogP contribution in [-0.2, 0) is 20.9 Å². The van der Waals surface area contributed by atoms with E-state index < -0.39 is 11.8 Å². The molecule has 0 aromatic heterocycles. The molecular weight excluding hydrogens is 418 g/mol. The van der Waals surface area contributed by atoms with Crippen LogP contribution < -0.4 is 4.74 Å². The maximum atomic E-state index is 12.8. The van der Waals surface area contributed by atoms with E-state index in [1.165, 1.54) is 0 Å². The van der Waals surface area contributed by atoms with Gasteiger partial charge in [0.25, 0.3) is 5.91 Å². The smallest absolute Gasteiger partial charge is 0.312 e. The molecule has 0 radical (unpaired) electrons. The lowest BCUT2D eigenvalue weighted by Crippen LogP contribution is -2.59. The van der Waals surface area contributed by atoms with Crippen molar-refractivity contribution in [2.45, 2.75) is 39.3 Å². The number of benzene rings is 2. The summed E-state index contributed by atoms with van der Waals surface area (Å²) < 4.78 is 5.64. The number of amides is 3. The van der Waals surface area contributed by atoms with Gasteiger partial charge in [0.1, 0.15) is 5.75 Å². The average molecular weight is 450 g/mol. The van der Waals surface area contributed by atoms with Gasteiger partial charge in [-0.05, 0) is 49.9 Å². The summed E-state index contributed by atoms with van der Waals surface area (Å²) in [4.78, 5) is 43.2. The Morgan fingerprint density at radius 1 is 0.909 bits per heavy atom. The Balaban J connectivity index is 1.25. The van der Waals surface area contributed by atoms with Gasteiger partial charge in [0, 0.05) is 38.8 Å². The van der Waals surface area contributed by atoms with Crippen LogP contribution in [0.3, 0.4) is 0 Å². The molecular formula is C26H31N3O4. The number of likely N-dealkylation sites (tertiary alicyclic amines) is 1. The first kappa shape index (κ1) is 22.8. The molecule has 7 heteroatoms. The van der Waals surface area contributed by atoms with Crippen LogP contribution in [0.5, 0.6) is 5.75 Å². The molecule has 2 fully saturated rings. The number of aryl methyl sites for hydroxylation is 2. The van der Waals surface area contributed by atoms with E-state index in [4.69, 9.17) is 4.74 Å². The zero-order valence-electron chi connectivity index (χ0n) is 19.3. The van der Waals surface area contributed by atoms with Gasteiger partial charge in [0.2, 0.25) is 0 Å². The summed E-state index contributed by atoms with van der Waals surface area (Å²) in [5, 5.41) is 0. The minimum atomic E-state index is -0.438. The highest BCUT2D eigenvalue weighted by Crippen LogP contribution is 2.21. The molecule has 0 bridgehead atoms. The zero-order chi connectivity index (χ0) is 23.4. The Bertz CT molecular complexity index is 1010. The number of hydrogen-bond donors (Lipinski definition) is 0. The van der Waals surface area contributed by atoms with Crippen LogP contribution in [0.4, 0.5) is 0 Å². The molecule has 174 valence electrons. The fourth-order valence-corrected chi connectivity index (χ4v) is 4.47. The third-order valence-corrected chi connectivity index (χ3v) is 6.45. The summed E-state index contributed by atoms with van der Waals surface area (Å²) in [6.45, 7) is 6.64. The number of ether oxygens (including phenoxy) is 1. The monoisotopic (exact) mass is 449 g/mol. The average Bonchev–Trinajstić information content (AvgIpc) is 2.82. The van der Waals surface area contributed by atoms with Crippen molar-refractivity contribution in [1.82, 2.24) is 14.7 Å². The number of piperazine rings is 1. The molecule has 2 aliphatic heterocycles. The number of hydrogen-bond acceptors (Lipinski definition) is 4. The van der Waals surface area contributed by atoms with Crippen molar-refractivity contribution in [3.05, 3.63) is 65.2 Å². The summed E-state index contributed by atoms with van der Waals surface area (Å²) in [6.07, 6.45) is 1.35. The van der Waals surface area contributed by atoms with Crippen LogP contribution in [0.1, 0.15) is 29.5 Å². The molecule has 0 atom stereocenters. The summed E-state index contributed by atoms with van der Waals surface area (Å²) in [5.74, 6) is -0.237. The van der Waals surface area contributed by atoms with E-state index in [0.29, 0.717) is 51.3 Å². The molecule has 2 aliphatic rings. The zero-order valence-corrected chi connectivity index (χ0v) is 19.3. The summed E-state index contributed by atoms with van der Waals surface area (Å²) in [6, 6.07) is 15.6. The first-order valence-electron chi connectivity index (χ1n) is 11.5. The van der Waals surface area contributed by atoms with Crippen molar-refractivity contribution in [1.29, 1.82) is 0 Å². The predicted octanol–water partition coefficient (Wildman–Crippen LogP) is 2.54. The first-order chi connectivity index (χ1) is 15.9. The molecule has 4 rings (SSSR count). The van der Waals surface area contributed by atoms with Crippen molar-refractivity contribution in [2.24, 2.45) is 0 Å². The van der Waals surface area contributed by atoms with Crippen molar-refractivity contribution in [2.75, 3.05) is 32.8 Å². The lowest BCUT2D eigenvalue weighted by atomic mass is 10.0. The second-order valence-electron chi connectivity index (χ2n) is 8.93. The van der Waals surface area contributed by atoms with Gasteiger partial charge >= 0.3 is 11.8 Å². The molecule has 2 heterocycles. The third kappa shape index (κ3) is 5.53. The van der Waals surface area contributed by atoms with Crippen LogP contribution in [0.2, 0.25) is 0 Å². The molecule has 7 nitrogen and oxygen atoms in total. The van der Waals surface area contributed by atoms with Gasteiger partial charge in [0.15, 0.2) is 6.61 Å². The molecule has 0 saturated carbocycles. The number of piperidine rings is 1. The van der Waals surface area contributed by atoms with E-state index in [0.717, 1.165) is 16.7 Å². The van der Waals surface area contributed by atoms with Crippen molar-refractivity contribution >= 4 is 17.7 Å². The van der Waals surface area contributed by atoms with E-state index in [1.807, 2.05) is 62.4 Å². The Morgan fingerprint density at radius 3 is 2.33 bits per heavy atom. The number of rotatable bonds is 6. The fraction of sp³-hybridized carbons (Fsp3) is 0.423. The Kier molecular flexibility index (Phi) is 6.96. The summed E-state index contributed by atoms with van der Waals surface area (Å²) >= 11 is 0. The highest BCUT2D eigenvalue weighted by Gasteiger charge is 2.38. The SMILES string of the molecule is Cc1ccc(CN2CCN(C3CCN(C(=O)COc4cccc(C)c4)CC3)C(=O)C2=O)cc1. The van der Waals surface area contributed by atoms with Crippen LogP contribution >= 0.6 is 0 Å². The van der Waals surface area contributed by atoms with Gasteiger partial charge in [0.05, 0.1) is 0 Å².